The summed E-state index contributed by atoms with van der Waals surface area (Å²) in [4.78, 5) is 8.13. The van der Waals surface area contributed by atoms with Gasteiger partial charge in [0.2, 0.25) is 11.8 Å². The summed E-state index contributed by atoms with van der Waals surface area (Å²) >= 11 is 0. The molecule has 88 valence electrons. The summed E-state index contributed by atoms with van der Waals surface area (Å²) in [6.45, 7) is 2.67. The van der Waals surface area contributed by atoms with E-state index >= 15 is 0 Å². The molecule has 0 unspecified atom stereocenters. The van der Waals surface area contributed by atoms with Crippen LogP contribution >= 0.6 is 0 Å². The van der Waals surface area contributed by atoms with Crippen LogP contribution < -0.4 is 10.1 Å². The van der Waals surface area contributed by atoms with Gasteiger partial charge in [0, 0.05) is 24.9 Å². The maximum Gasteiger partial charge on any atom is 0.225 e. The van der Waals surface area contributed by atoms with Crippen molar-refractivity contribution >= 4 is 5.95 Å². The number of halogens is 1. The molecule has 1 N–H and O–H groups in total. The van der Waals surface area contributed by atoms with Crippen LogP contribution in [-0.4, -0.2) is 16.5 Å². The molecule has 17 heavy (non-hydrogen) atoms. The molecule has 0 radical (unpaired) electrons. The van der Waals surface area contributed by atoms with Crippen LogP contribution in [0.4, 0.5) is 10.3 Å². The van der Waals surface area contributed by atoms with Crippen molar-refractivity contribution in [3.05, 3.63) is 42.3 Å². The van der Waals surface area contributed by atoms with Gasteiger partial charge in [-0.1, -0.05) is 6.07 Å². The fourth-order valence-electron chi connectivity index (χ4n) is 1.29. The van der Waals surface area contributed by atoms with Crippen molar-refractivity contribution in [3.63, 3.8) is 0 Å². The van der Waals surface area contributed by atoms with Crippen LogP contribution in [0.5, 0.6) is 11.6 Å². The zero-order valence-corrected chi connectivity index (χ0v) is 9.35. The van der Waals surface area contributed by atoms with Crippen LogP contribution in [0.2, 0.25) is 0 Å². The number of aromatic nitrogens is 2. The quantitative estimate of drug-likeness (QED) is 0.882. The second-order valence-electron chi connectivity index (χ2n) is 3.31. The van der Waals surface area contributed by atoms with Crippen molar-refractivity contribution in [2.75, 3.05) is 11.9 Å². The van der Waals surface area contributed by atoms with Gasteiger partial charge in [-0.05, 0) is 19.1 Å². The Labute approximate surface area is 98.5 Å². The molecule has 0 atom stereocenters. The standard InChI is InChI=1S/C12H12FN3O/c1-2-14-12-15-7-6-11(16-12)17-10-5-3-4-9(13)8-10/h3-8H,2H2,1H3,(H,14,15,16). The van der Waals surface area contributed by atoms with Gasteiger partial charge in [0.15, 0.2) is 0 Å². The monoisotopic (exact) mass is 233 g/mol. The summed E-state index contributed by atoms with van der Waals surface area (Å²) in [5.74, 6) is 0.928. The first kappa shape index (κ1) is 11.3. The van der Waals surface area contributed by atoms with Crippen LogP contribution in [-0.2, 0) is 0 Å². The van der Waals surface area contributed by atoms with Crippen molar-refractivity contribution in [3.8, 4) is 11.6 Å². The molecule has 1 aromatic heterocycles. The second-order valence-corrected chi connectivity index (χ2v) is 3.31. The minimum absolute atomic E-state index is 0.344. The van der Waals surface area contributed by atoms with E-state index in [-0.39, 0.29) is 5.82 Å². The molecular formula is C12H12FN3O. The SMILES string of the molecule is CCNc1nccc(Oc2cccc(F)c2)n1. The zero-order valence-electron chi connectivity index (χ0n) is 9.35. The molecule has 0 amide bonds. The minimum Gasteiger partial charge on any atom is -0.439 e. The second kappa shape index (κ2) is 5.25. The van der Waals surface area contributed by atoms with E-state index in [1.54, 1.807) is 24.4 Å². The maximum atomic E-state index is 12.9. The van der Waals surface area contributed by atoms with Gasteiger partial charge >= 0.3 is 0 Å². The highest BCUT2D eigenvalue weighted by Gasteiger charge is 2.01. The van der Waals surface area contributed by atoms with E-state index in [1.165, 1.54) is 12.1 Å². The summed E-state index contributed by atoms with van der Waals surface area (Å²) in [6, 6.07) is 7.52. The average molecular weight is 233 g/mol. The maximum absolute atomic E-state index is 12.9. The van der Waals surface area contributed by atoms with Gasteiger partial charge in [-0.2, -0.15) is 4.98 Å². The van der Waals surface area contributed by atoms with Crippen LogP contribution in [0, 0.1) is 5.82 Å². The van der Waals surface area contributed by atoms with Crippen molar-refractivity contribution in [1.82, 2.24) is 9.97 Å². The molecule has 4 nitrogen and oxygen atoms in total. The Bertz CT molecular complexity index is 505. The molecule has 0 spiro atoms. The average Bonchev–Trinajstić information content (AvgIpc) is 2.30. The van der Waals surface area contributed by atoms with Crippen LogP contribution in [0.1, 0.15) is 6.92 Å². The third-order valence-corrected chi connectivity index (χ3v) is 1.98. The summed E-state index contributed by atoms with van der Waals surface area (Å²) in [5, 5.41) is 2.97. The van der Waals surface area contributed by atoms with Crippen molar-refractivity contribution in [2.24, 2.45) is 0 Å². The van der Waals surface area contributed by atoms with Gasteiger partial charge in [0.1, 0.15) is 11.6 Å². The topological polar surface area (TPSA) is 47.0 Å². The van der Waals surface area contributed by atoms with E-state index in [0.717, 1.165) is 6.54 Å². The van der Waals surface area contributed by atoms with Gasteiger partial charge in [0.25, 0.3) is 0 Å². The number of nitrogens with zero attached hydrogens (tertiary/aromatic N) is 2. The van der Waals surface area contributed by atoms with Gasteiger partial charge in [-0.25, -0.2) is 9.37 Å². The molecule has 2 aromatic rings. The molecule has 0 saturated carbocycles. The molecule has 2 rings (SSSR count). The van der Waals surface area contributed by atoms with Gasteiger partial charge in [0.05, 0.1) is 0 Å². The molecular weight excluding hydrogens is 221 g/mol. The van der Waals surface area contributed by atoms with E-state index in [4.69, 9.17) is 4.74 Å². The molecule has 0 bridgehead atoms. The predicted molar refractivity (Wildman–Crippen MR) is 62.7 cm³/mol. The van der Waals surface area contributed by atoms with Crippen molar-refractivity contribution in [1.29, 1.82) is 0 Å². The molecule has 1 aromatic carbocycles. The Morgan fingerprint density at radius 1 is 1.35 bits per heavy atom. The van der Waals surface area contributed by atoms with E-state index in [0.29, 0.717) is 17.6 Å². The van der Waals surface area contributed by atoms with Gasteiger partial charge in [-0.15, -0.1) is 0 Å². The lowest BCUT2D eigenvalue weighted by Gasteiger charge is -2.06. The van der Waals surface area contributed by atoms with E-state index < -0.39 is 0 Å². The van der Waals surface area contributed by atoms with E-state index in [1.807, 2.05) is 6.92 Å². The Morgan fingerprint density at radius 3 is 3.00 bits per heavy atom. The Hall–Kier alpha value is -2.17. The molecule has 5 heteroatoms. The van der Waals surface area contributed by atoms with Crippen LogP contribution in [0.3, 0.4) is 0 Å². The fourth-order valence-corrected chi connectivity index (χ4v) is 1.29. The lowest BCUT2D eigenvalue weighted by Crippen LogP contribution is -2.02. The third kappa shape index (κ3) is 3.14. The van der Waals surface area contributed by atoms with Crippen LogP contribution in [0.15, 0.2) is 36.5 Å². The lowest BCUT2D eigenvalue weighted by molar-refractivity contribution is 0.457. The normalized spacial score (nSPS) is 10.0. The molecule has 0 aliphatic heterocycles. The summed E-state index contributed by atoms with van der Waals surface area (Å²) in [7, 11) is 0. The number of anilines is 1. The van der Waals surface area contributed by atoms with Crippen LogP contribution in [0.25, 0.3) is 0 Å². The first-order chi connectivity index (χ1) is 8.28. The number of rotatable bonds is 4. The number of ether oxygens (including phenoxy) is 1. The van der Waals surface area contributed by atoms with Crippen molar-refractivity contribution < 1.29 is 9.13 Å². The molecule has 1 heterocycles. The molecule has 0 aliphatic rings. The molecule has 0 aliphatic carbocycles. The summed E-state index contributed by atoms with van der Waals surface area (Å²) in [6.07, 6.45) is 1.58. The zero-order chi connectivity index (χ0) is 12.1. The first-order valence-electron chi connectivity index (χ1n) is 5.28. The number of benzene rings is 1. The molecule has 0 saturated heterocycles. The lowest BCUT2D eigenvalue weighted by atomic mass is 10.3. The highest BCUT2D eigenvalue weighted by molar-refractivity contribution is 5.31. The number of nitrogens with one attached hydrogen (secondary N) is 1. The van der Waals surface area contributed by atoms with Crippen molar-refractivity contribution in [2.45, 2.75) is 6.92 Å². The highest BCUT2D eigenvalue weighted by Crippen LogP contribution is 2.20. The summed E-state index contributed by atoms with van der Waals surface area (Å²) < 4.78 is 18.4. The number of hydrogen-bond donors (Lipinski definition) is 1. The Morgan fingerprint density at radius 2 is 2.24 bits per heavy atom. The largest absolute Gasteiger partial charge is 0.439 e. The van der Waals surface area contributed by atoms with Gasteiger partial charge < -0.3 is 10.1 Å². The third-order valence-electron chi connectivity index (χ3n) is 1.98. The Balaban J connectivity index is 2.15. The van der Waals surface area contributed by atoms with Gasteiger partial charge in [-0.3, -0.25) is 0 Å². The Kier molecular flexibility index (Phi) is 3.49. The summed E-state index contributed by atoms with van der Waals surface area (Å²) in [5.41, 5.74) is 0. The number of hydrogen-bond acceptors (Lipinski definition) is 4. The predicted octanol–water partition coefficient (Wildman–Crippen LogP) is 2.84. The van der Waals surface area contributed by atoms with E-state index in [2.05, 4.69) is 15.3 Å². The smallest absolute Gasteiger partial charge is 0.225 e. The minimum atomic E-state index is -0.344. The fraction of sp³-hybridized carbons (Fsp3) is 0.167. The highest BCUT2D eigenvalue weighted by atomic mass is 19.1. The molecule has 0 fully saturated rings. The van der Waals surface area contributed by atoms with E-state index in [9.17, 15) is 4.39 Å². The first-order valence-corrected chi connectivity index (χ1v) is 5.28.